The van der Waals surface area contributed by atoms with Gasteiger partial charge in [-0.05, 0) is 48.0 Å². The fourth-order valence-corrected chi connectivity index (χ4v) is 4.13. The molecule has 3 aromatic carbocycles. The number of nitrogens with zero attached hydrogens (tertiary/aromatic N) is 1. The summed E-state index contributed by atoms with van der Waals surface area (Å²) in [6.45, 7) is 4.93. The Morgan fingerprint density at radius 3 is 2.61 bits per heavy atom. The van der Waals surface area contributed by atoms with Gasteiger partial charge in [-0.25, -0.2) is 4.39 Å². The zero-order valence-electron chi connectivity index (χ0n) is 18.0. The minimum atomic E-state index is -0.444. The van der Waals surface area contributed by atoms with E-state index < -0.39 is 5.82 Å². The van der Waals surface area contributed by atoms with E-state index in [1.807, 2.05) is 42.5 Å². The van der Waals surface area contributed by atoms with Crippen LogP contribution in [0, 0.1) is 5.82 Å². The molecule has 0 saturated carbocycles. The lowest BCUT2D eigenvalue weighted by molar-refractivity contribution is 0.102. The lowest BCUT2D eigenvalue weighted by Crippen LogP contribution is -2.42. The lowest BCUT2D eigenvalue weighted by Gasteiger charge is -2.27. The molecule has 0 atom stereocenters. The summed E-state index contributed by atoms with van der Waals surface area (Å²) in [5.41, 5.74) is 3.70. The van der Waals surface area contributed by atoms with Gasteiger partial charge >= 0.3 is 0 Å². The van der Waals surface area contributed by atoms with Gasteiger partial charge in [0.05, 0.1) is 5.69 Å². The van der Waals surface area contributed by atoms with Crippen LogP contribution in [0.4, 0.5) is 10.1 Å². The quantitative estimate of drug-likeness (QED) is 0.419. The number of hydrogen-bond acceptors (Lipinski definition) is 4. The van der Waals surface area contributed by atoms with Gasteiger partial charge in [0.15, 0.2) is 0 Å². The third-order valence-corrected chi connectivity index (χ3v) is 5.78. The highest BCUT2D eigenvalue weighted by Gasteiger charge is 2.17. The Kier molecular flexibility index (Phi) is 7.08. The highest BCUT2D eigenvalue weighted by molar-refractivity contribution is 6.06. The Labute approximate surface area is 198 Å². The van der Waals surface area contributed by atoms with Crippen LogP contribution in [0.1, 0.15) is 15.9 Å². The fourth-order valence-electron chi connectivity index (χ4n) is 4.13. The third kappa shape index (κ3) is 5.09. The van der Waals surface area contributed by atoms with E-state index in [1.165, 1.54) is 23.8 Å². The number of benzene rings is 3. The van der Waals surface area contributed by atoms with Gasteiger partial charge in [-0.2, -0.15) is 0 Å². The largest absolute Gasteiger partial charge is 0.456 e. The Bertz CT molecular complexity index is 1270. The molecule has 5 rings (SSSR count). The normalized spacial score (nSPS) is 14.1. The van der Waals surface area contributed by atoms with Crippen molar-refractivity contribution >= 4 is 35.0 Å². The first kappa shape index (κ1) is 23.0. The van der Waals surface area contributed by atoms with Crippen LogP contribution < -0.4 is 10.6 Å². The van der Waals surface area contributed by atoms with Crippen LogP contribution in [0.15, 0.2) is 77.2 Å². The SMILES string of the molecule is Cl.O=C(Nc1ccccc1-c1cc2c(CN3CCNCC3)cccc2o1)c1cccc(F)c1. The molecule has 0 aliphatic carbocycles. The van der Waals surface area contributed by atoms with Gasteiger partial charge in [0.25, 0.3) is 5.91 Å². The Morgan fingerprint density at radius 1 is 1.00 bits per heavy atom. The van der Waals surface area contributed by atoms with Crippen LogP contribution in [0.5, 0.6) is 0 Å². The van der Waals surface area contributed by atoms with Crippen LogP contribution in [-0.2, 0) is 6.54 Å². The minimum Gasteiger partial charge on any atom is -0.456 e. The van der Waals surface area contributed by atoms with E-state index >= 15 is 0 Å². The van der Waals surface area contributed by atoms with Crippen LogP contribution in [0.2, 0.25) is 0 Å². The maximum Gasteiger partial charge on any atom is 0.255 e. The molecule has 4 aromatic rings. The summed E-state index contributed by atoms with van der Waals surface area (Å²) in [4.78, 5) is 15.1. The van der Waals surface area contributed by atoms with Crippen LogP contribution >= 0.6 is 12.4 Å². The van der Waals surface area contributed by atoms with E-state index in [4.69, 9.17) is 4.42 Å². The number of piperazine rings is 1. The second-order valence-corrected chi connectivity index (χ2v) is 7.98. The topological polar surface area (TPSA) is 57.5 Å². The van der Waals surface area contributed by atoms with Crippen molar-refractivity contribution in [2.45, 2.75) is 6.54 Å². The van der Waals surface area contributed by atoms with Gasteiger partial charge in [0.1, 0.15) is 17.2 Å². The van der Waals surface area contributed by atoms with Crippen molar-refractivity contribution in [3.63, 3.8) is 0 Å². The van der Waals surface area contributed by atoms with Crippen molar-refractivity contribution in [2.24, 2.45) is 0 Å². The highest BCUT2D eigenvalue weighted by atomic mass is 35.5. The van der Waals surface area contributed by atoms with E-state index in [9.17, 15) is 9.18 Å². The van der Waals surface area contributed by atoms with Crippen molar-refractivity contribution in [3.05, 3.63) is 89.7 Å². The molecule has 0 unspecified atom stereocenters. The monoisotopic (exact) mass is 465 g/mol. The predicted molar refractivity (Wildman–Crippen MR) is 131 cm³/mol. The van der Waals surface area contributed by atoms with Crippen molar-refractivity contribution in [1.29, 1.82) is 0 Å². The molecule has 0 spiro atoms. The number of furan rings is 1. The lowest BCUT2D eigenvalue weighted by atomic mass is 10.1. The van der Waals surface area contributed by atoms with Crippen molar-refractivity contribution in [1.82, 2.24) is 10.2 Å². The molecule has 5 nitrogen and oxygen atoms in total. The summed E-state index contributed by atoms with van der Waals surface area (Å²) in [6, 6.07) is 21.3. The van der Waals surface area contributed by atoms with Gasteiger partial charge in [0.2, 0.25) is 0 Å². The number of nitrogens with one attached hydrogen (secondary N) is 2. The molecule has 1 amide bonds. The molecule has 1 aliphatic rings. The molecular weight excluding hydrogens is 441 g/mol. The number of carbonyl (C=O) groups is 1. The fraction of sp³-hybridized carbons (Fsp3) is 0.192. The number of anilines is 1. The molecular formula is C26H25ClFN3O2. The second kappa shape index (κ2) is 10.2. The average molecular weight is 466 g/mol. The second-order valence-electron chi connectivity index (χ2n) is 7.98. The van der Waals surface area contributed by atoms with Gasteiger partial charge in [-0.1, -0.05) is 30.3 Å². The minimum absolute atomic E-state index is 0. The Hall–Kier alpha value is -3.19. The number of amides is 1. The number of rotatable bonds is 5. The average Bonchev–Trinajstić information content (AvgIpc) is 3.25. The number of fused-ring (bicyclic) bond motifs is 1. The summed E-state index contributed by atoms with van der Waals surface area (Å²) < 4.78 is 19.7. The van der Waals surface area contributed by atoms with E-state index in [0.717, 1.165) is 49.3 Å². The first-order chi connectivity index (χ1) is 15.7. The van der Waals surface area contributed by atoms with Crippen molar-refractivity contribution in [3.8, 4) is 11.3 Å². The number of halogens is 2. The van der Waals surface area contributed by atoms with Crippen molar-refractivity contribution in [2.75, 3.05) is 31.5 Å². The van der Waals surface area contributed by atoms with Gasteiger partial charge in [-0.15, -0.1) is 12.4 Å². The molecule has 2 N–H and O–H groups in total. The maximum absolute atomic E-state index is 13.5. The zero-order valence-corrected chi connectivity index (χ0v) is 18.8. The molecule has 0 radical (unpaired) electrons. The van der Waals surface area contributed by atoms with Crippen LogP contribution in [0.3, 0.4) is 0 Å². The molecule has 1 aromatic heterocycles. The molecule has 1 aliphatic heterocycles. The molecule has 7 heteroatoms. The van der Waals surface area contributed by atoms with Crippen molar-refractivity contribution < 1.29 is 13.6 Å². The summed E-state index contributed by atoms with van der Waals surface area (Å²) in [6.07, 6.45) is 0. The molecule has 33 heavy (non-hydrogen) atoms. The van der Waals surface area contributed by atoms with Gasteiger partial charge in [0, 0.05) is 49.2 Å². The molecule has 0 bridgehead atoms. The zero-order chi connectivity index (χ0) is 21.9. The molecule has 170 valence electrons. The van der Waals surface area contributed by atoms with Gasteiger partial charge < -0.3 is 15.1 Å². The first-order valence-electron chi connectivity index (χ1n) is 10.8. The first-order valence-corrected chi connectivity index (χ1v) is 10.8. The molecule has 1 saturated heterocycles. The number of para-hydroxylation sites is 1. The summed E-state index contributed by atoms with van der Waals surface area (Å²) >= 11 is 0. The standard InChI is InChI=1S/C26H24FN3O2.ClH/c27-20-7-3-5-18(15-20)26(31)29-23-9-2-1-8-21(23)25-16-22-19(6-4-10-24(22)32-25)17-30-13-11-28-12-14-30;/h1-10,15-16,28H,11-14,17H2,(H,29,31);1H. The van der Waals surface area contributed by atoms with E-state index in [1.54, 1.807) is 6.07 Å². The number of carbonyl (C=O) groups excluding carboxylic acids is 1. The van der Waals surface area contributed by atoms with E-state index in [-0.39, 0.29) is 23.9 Å². The summed E-state index contributed by atoms with van der Waals surface area (Å²) in [5, 5.41) is 7.36. The van der Waals surface area contributed by atoms with Gasteiger partial charge in [-0.3, -0.25) is 9.69 Å². The van der Waals surface area contributed by atoms with E-state index in [2.05, 4.69) is 21.6 Å². The molecule has 1 fully saturated rings. The molecule has 2 heterocycles. The Balaban J connectivity index is 0.00000259. The Morgan fingerprint density at radius 2 is 1.79 bits per heavy atom. The maximum atomic E-state index is 13.5. The number of hydrogen-bond donors (Lipinski definition) is 2. The summed E-state index contributed by atoms with van der Waals surface area (Å²) in [7, 11) is 0. The predicted octanol–water partition coefficient (Wildman–Crippen LogP) is 5.32. The van der Waals surface area contributed by atoms with E-state index in [0.29, 0.717) is 11.4 Å². The highest BCUT2D eigenvalue weighted by Crippen LogP contribution is 2.34. The van der Waals surface area contributed by atoms with Crippen LogP contribution in [-0.4, -0.2) is 37.0 Å². The summed E-state index contributed by atoms with van der Waals surface area (Å²) in [5.74, 6) is -0.129. The smallest absolute Gasteiger partial charge is 0.255 e. The third-order valence-electron chi connectivity index (χ3n) is 5.78. The van der Waals surface area contributed by atoms with Crippen LogP contribution in [0.25, 0.3) is 22.3 Å².